The van der Waals surface area contributed by atoms with Crippen LogP contribution in [0.3, 0.4) is 0 Å². The standard InChI is InChI=1S/C14H16ClN3O5S/c1-23-11-3-2-9(15)6-12(11)24(21,22)17-5-4-10(8-17)18-13(19)7-16-14(18)20/h2-3,6,10H,4-5,7-8H2,1H3,(H,16,20). The van der Waals surface area contributed by atoms with Gasteiger partial charge in [0, 0.05) is 18.1 Å². The van der Waals surface area contributed by atoms with Crippen LogP contribution in [-0.2, 0) is 14.8 Å². The van der Waals surface area contributed by atoms with Gasteiger partial charge in [0.2, 0.25) is 15.9 Å². The summed E-state index contributed by atoms with van der Waals surface area (Å²) in [6, 6.07) is 3.40. The molecule has 0 radical (unpaired) electrons. The Kier molecular flexibility index (Phi) is 4.41. The topological polar surface area (TPSA) is 96.0 Å². The molecule has 3 rings (SSSR count). The molecule has 0 spiro atoms. The fraction of sp³-hybridized carbons (Fsp3) is 0.429. The quantitative estimate of drug-likeness (QED) is 0.782. The number of hydrogen-bond donors (Lipinski definition) is 1. The van der Waals surface area contributed by atoms with Crippen molar-refractivity contribution in [3.8, 4) is 5.75 Å². The molecule has 2 saturated heterocycles. The van der Waals surface area contributed by atoms with Crippen molar-refractivity contribution < 1.29 is 22.7 Å². The second-order valence-electron chi connectivity index (χ2n) is 5.52. The van der Waals surface area contributed by atoms with Gasteiger partial charge < -0.3 is 10.1 Å². The van der Waals surface area contributed by atoms with Crippen molar-refractivity contribution in [1.82, 2.24) is 14.5 Å². The number of imide groups is 1. The van der Waals surface area contributed by atoms with E-state index in [0.717, 1.165) is 4.90 Å². The molecular formula is C14H16ClN3O5S. The lowest BCUT2D eigenvalue weighted by atomic mass is 10.2. The summed E-state index contributed by atoms with van der Waals surface area (Å²) in [6.45, 7) is 0.209. The lowest BCUT2D eigenvalue weighted by Gasteiger charge is -2.22. The highest BCUT2D eigenvalue weighted by Gasteiger charge is 2.42. The minimum Gasteiger partial charge on any atom is -0.495 e. The molecule has 2 fully saturated rings. The van der Waals surface area contributed by atoms with Gasteiger partial charge in [0.25, 0.3) is 0 Å². The number of carbonyl (C=O) groups excluding carboxylic acids is 2. The molecule has 0 aromatic heterocycles. The van der Waals surface area contributed by atoms with Gasteiger partial charge in [-0.3, -0.25) is 9.69 Å². The van der Waals surface area contributed by atoms with E-state index >= 15 is 0 Å². The van der Waals surface area contributed by atoms with Crippen LogP contribution in [0, 0.1) is 0 Å². The number of hydrogen-bond acceptors (Lipinski definition) is 5. The number of ether oxygens (including phenoxy) is 1. The SMILES string of the molecule is COc1ccc(Cl)cc1S(=O)(=O)N1CCC(N2C(=O)CNC2=O)C1. The fourth-order valence-corrected chi connectivity index (χ4v) is 4.85. The van der Waals surface area contributed by atoms with Crippen LogP contribution in [0.5, 0.6) is 5.75 Å². The van der Waals surface area contributed by atoms with Crippen LogP contribution >= 0.6 is 11.6 Å². The van der Waals surface area contributed by atoms with Gasteiger partial charge in [-0.25, -0.2) is 13.2 Å². The summed E-state index contributed by atoms with van der Waals surface area (Å²) >= 11 is 5.91. The molecule has 2 aliphatic rings. The summed E-state index contributed by atoms with van der Waals surface area (Å²) in [5.41, 5.74) is 0. The Balaban J connectivity index is 1.86. The second kappa shape index (κ2) is 6.23. The van der Waals surface area contributed by atoms with E-state index in [0.29, 0.717) is 6.42 Å². The molecule has 2 aliphatic heterocycles. The van der Waals surface area contributed by atoms with Crippen LogP contribution in [0.4, 0.5) is 4.79 Å². The predicted molar refractivity (Wildman–Crippen MR) is 85.4 cm³/mol. The van der Waals surface area contributed by atoms with Gasteiger partial charge in [-0.1, -0.05) is 11.6 Å². The normalized spacial score (nSPS) is 22.1. The van der Waals surface area contributed by atoms with Crippen LogP contribution in [0.25, 0.3) is 0 Å². The molecule has 130 valence electrons. The maximum Gasteiger partial charge on any atom is 0.324 e. The molecule has 24 heavy (non-hydrogen) atoms. The fourth-order valence-electron chi connectivity index (χ4n) is 2.94. The Morgan fingerprint density at radius 3 is 2.71 bits per heavy atom. The first kappa shape index (κ1) is 17.0. The molecule has 1 aromatic rings. The number of urea groups is 1. The van der Waals surface area contributed by atoms with Crippen LogP contribution in [-0.4, -0.2) is 62.3 Å². The van der Waals surface area contributed by atoms with E-state index in [-0.39, 0.29) is 41.2 Å². The van der Waals surface area contributed by atoms with Crippen LogP contribution in [0.1, 0.15) is 6.42 Å². The molecule has 0 aliphatic carbocycles. The van der Waals surface area contributed by atoms with Gasteiger partial charge in [0.05, 0.1) is 19.7 Å². The number of amides is 3. The van der Waals surface area contributed by atoms with E-state index in [9.17, 15) is 18.0 Å². The first-order chi connectivity index (χ1) is 11.3. The average Bonchev–Trinajstić information content (AvgIpc) is 3.14. The number of rotatable bonds is 4. The minimum absolute atomic E-state index is 0.0321. The van der Waals surface area contributed by atoms with E-state index in [2.05, 4.69) is 5.32 Å². The molecule has 1 aromatic carbocycles. The molecule has 1 unspecified atom stereocenters. The molecule has 0 saturated carbocycles. The first-order valence-electron chi connectivity index (χ1n) is 7.28. The van der Waals surface area contributed by atoms with Gasteiger partial charge in [-0.2, -0.15) is 4.31 Å². The molecule has 0 bridgehead atoms. The second-order valence-corrected chi connectivity index (χ2v) is 7.87. The Morgan fingerprint density at radius 1 is 1.33 bits per heavy atom. The molecule has 8 nitrogen and oxygen atoms in total. The first-order valence-corrected chi connectivity index (χ1v) is 9.10. The third kappa shape index (κ3) is 2.83. The zero-order valence-electron chi connectivity index (χ0n) is 12.9. The Morgan fingerprint density at radius 2 is 2.08 bits per heavy atom. The number of nitrogens with one attached hydrogen (secondary N) is 1. The molecule has 2 heterocycles. The van der Waals surface area contributed by atoms with E-state index in [1.807, 2.05) is 0 Å². The number of benzene rings is 1. The molecule has 3 amide bonds. The molecular weight excluding hydrogens is 358 g/mol. The predicted octanol–water partition coefficient (Wildman–Crippen LogP) is 0.663. The van der Waals surface area contributed by atoms with Crippen molar-refractivity contribution in [2.75, 3.05) is 26.7 Å². The highest BCUT2D eigenvalue weighted by Crippen LogP contribution is 2.32. The van der Waals surface area contributed by atoms with E-state index in [1.165, 1.54) is 23.5 Å². The summed E-state index contributed by atoms with van der Waals surface area (Å²) in [5, 5.41) is 2.72. The smallest absolute Gasteiger partial charge is 0.324 e. The molecule has 10 heteroatoms. The van der Waals surface area contributed by atoms with Gasteiger partial charge in [-0.15, -0.1) is 0 Å². The number of carbonyl (C=O) groups is 2. The molecule has 1 atom stereocenters. The van der Waals surface area contributed by atoms with Crippen molar-refractivity contribution in [2.45, 2.75) is 17.4 Å². The van der Waals surface area contributed by atoms with Gasteiger partial charge in [-0.05, 0) is 24.6 Å². The van der Waals surface area contributed by atoms with E-state index < -0.39 is 22.1 Å². The number of nitrogens with zero attached hydrogens (tertiary/aromatic N) is 2. The lowest BCUT2D eigenvalue weighted by Crippen LogP contribution is -2.42. The van der Waals surface area contributed by atoms with Crippen LogP contribution < -0.4 is 10.1 Å². The van der Waals surface area contributed by atoms with E-state index in [4.69, 9.17) is 16.3 Å². The van der Waals surface area contributed by atoms with Gasteiger partial charge in [0.1, 0.15) is 10.6 Å². The maximum absolute atomic E-state index is 12.9. The highest BCUT2D eigenvalue weighted by atomic mass is 35.5. The Labute approximate surface area is 144 Å². The zero-order valence-corrected chi connectivity index (χ0v) is 14.4. The van der Waals surface area contributed by atoms with Crippen molar-refractivity contribution in [3.63, 3.8) is 0 Å². The highest BCUT2D eigenvalue weighted by molar-refractivity contribution is 7.89. The van der Waals surface area contributed by atoms with Gasteiger partial charge in [0.15, 0.2) is 0 Å². The van der Waals surface area contributed by atoms with Crippen molar-refractivity contribution in [2.24, 2.45) is 0 Å². The summed E-state index contributed by atoms with van der Waals surface area (Å²) in [4.78, 5) is 24.6. The summed E-state index contributed by atoms with van der Waals surface area (Å²) in [6.07, 6.45) is 0.390. The van der Waals surface area contributed by atoms with Crippen LogP contribution in [0.2, 0.25) is 5.02 Å². The van der Waals surface area contributed by atoms with Crippen molar-refractivity contribution in [3.05, 3.63) is 23.2 Å². The van der Waals surface area contributed by atoms with Gasteiger partial charge >= 0.3 is 6.03 Å². The minimum atomic E-state index is -3.85. The zero-order chi connectivity index (χ0) is 17.5. The largest absolute Gasteiger partial charge is 0.495 e. The lowest BCUT2D eigenvalue weighted by molar-refractivity contribution is -0.126. The van der Waals surface area contributed by atoms with Crippen molar-refractivity contribution >= 4 is 33.6 Å². The summed E-state index contributed by atoms with van der Waals surface area (Å²) in [5.74, 6) is -0.151. The third-order valence-electron chi connectivity index (χ3n) is 4.11. The average molecular weight is 374 g/mol. The Bertz CT molecular complexity index is 782. The summed E-state index contributed by atoms with van der Waals surface area (Å²) < 4.78 is 32.1. The van der Waals surface area contributed by atoms with Crippen LogP contribution in [0.15, 0.2) is 23.1 Å². The summed E-state index contributed by atoms with van der Waals surface area (Å²) in [7, 11) is -2.47. The number of methoxy groups -OCH3 is 1. The monoisotopic (exact) mass is 373 g/mol. The number of sulfonamides is 1. The Hall–Kier alpha value is -1.84. The van der Waals surface area contributed by atoms with Crippen molar-refractivity contribution in [1.29, 1.82) is 0 Å². The molecule has 1 N–H and O–H groups in total. The third-order valence-corrected chi connectivity index (χ3v) is 6.23. The van der Waals surface area contributed by atoms with E-state index in [1.54, 1.807) is 6.07 Å². The number of halogens is 1. The maximum atomic E-state index is 12.9.